The summed E-state index contributed by atoms with van der Waals surface area (Å²) >= 11 is 9.71. The largest absolute Gasteiger partial charge is 0.396 e. The van der Waals surface area contributed by atoms with Crippen molar-refractivity contribution in [2.24, 2.45) is 0 Å². The van der Waals surface area contributed by atoms with E-state index in [0.717, 1.165) is 17.0 Å². The SMILES string of the molecule is CN(C)c1ccc(C2SCC(=O)N2CCSCCO)c(Cl)c1. The van der Waals surface area contributed by atoms with Crippen LogP contribution in [0.2, 0.25) is 5.02 Å². The van der Waals surface area contributed by atoms with E-state index in [2.05, 4.69) is 0 Å². The minimum Gasteiger partial charge on any atom is -0.396 e. The van der Waals surface area contributed by atoms with Crippen molar-refractivity contribution in [3.8, 4) is 0 Å². The number of rotatable bonds is 7. The topological polar surface area (TPSA) is 43.8 Å². The molecule has 0 aromatic heterocycles. The van der Waals surface area contributed by atoms with Crippen molar-refractivity contribution >= 4 is 46.7 Å². The van der Waals surface area contributed by atoms with E-state index in [9.17, 15) is 4.79 Å². The minimum atomic E-state index is -0.00839. The summed E-state index contributed by atoms with van der Waals surface area (Å²) in [5.74, 6) is 2.20. The molecule has 1 aliphatic heterocycles. The van der Waals surface area contributed by atoms with Gasteiger partial charge >= 0.3 is 0 Å². The monoisotopic (exact) mass is 360 g/mol. The zero-order valence-electron chi connectivity index (χ0n) is 12.8. The summed E-state index contributed by atoms with van der Waals surface area (Å²) < 4.78 is 0. The first-order valence-corrected chi connectivity index (χ1v) is 9.69. The van der Waals surface area contributed by atoms with E-state index in [-0.39, 0.29) is 17.9 Å². The predicted molar refractivity (Wildman–Crippen MR) is 97.1 cm³/mol. The Bertz CT molecular complexity index is 528. The highest BCUT2D eigenvalue weighted by Crippen LogP contribution is 2.42. The smallest absolute Gasteiger partial charge is 0.233 e. The highest BCUT2D eigenvalue weighted by atomic mass is 35.5. The van der Waals surface area contributed by atoms with Gasteiger partial charge in [0, 0.05) is 48.4 Å². The number of carbonyl (C=O) groups excluding carboxylic acids is 1. The van der Waals surface area contributed by atoms with Gasteiger partial charge in [-0.15, -0.1) is 11.8 Å². The summed E-state index contributed by atoms with van der Waals surface area (Å²) in [6, 6.07) is 5.99. The maximum absolute atomic E-state index is 12.1. The molecule has 7 heteroatoms. The van der Waals surface area contributed by atoms with Gasteiger partial charge in [-0.2, -0.15) is 11.8 Å². The van der Waals surface area contributed by atoms with Crippen molar-refractivity contribution in [1.29, 1.82) is 0 Å². The lowest BCUT2D eigenvalue weighted by Crippen LogP contribution is -2.30. The number of anilines is 1. The fraction of sp³-hybridized carbons (Fsp3) is 0.533. The van der Waals surface area contributed by atoms with Crippen LogP contribution in [0.3, 0.4) is 0 Å². The summed E-state index contributed by atoms with van der Waals surface area (Å²) in [6.07, 6.45) is 0. The fourth-order valence-corrected chi connectivity index (χ4v) is 4.53. The van der Waals surface area contributed by atoms with Crippen molar-refractivity contribution in [3.63, 3.8) is 0 Å². The fourth-order valence-electron chi connectivity index (χ4n) is 2.28. The molecule has 0 bridgehead atoms. The van der Waals surface area contributed by atoms with Gasteiger partial charge in [-0.1, -0.05) is 17.7 Å². The molecule has 1 fully saturated rings. The lowest BCUT2D eigenvalue weighted by molar-refractivity contribution is -0.127. The molecule has 0 aliphatic carbocycles. The van der Waals surface area contributed by atoms with Gasteiger partial charge in [0.15, 0.2) is 0 Å². The second-order valence-electron chi connectivity index (χ2n) is 5.19. The molecule has 0 spiro atoms. The number of aliphatic hydroxyl groups is 1. The van der Waals surface area contributed by atoms with E-state index in [1.165, 1.54) is 0 Å². The number of hydrogen-bond donors (Lipinski definition) is 1. The van der Waals surface area contributed by atoms with E-state index in [1.54, 1.807) is 23.5 Å². The van der Waals surface area contributed by atoms with Crippen LogP contribution in [-0.2, 0) is 4.79 Å². The summed E-state index contributed by atoms with van der Waals surface area (Å²) in [4.78, 5) is 16.0. The zero-order chi connectivity index (χ0) is 16.1. The van der Waals surface area contributed by atoms with Crippen molar-refractivity contribution < 1.29 is 9.90 Å². The summed E-state index contributed by atoms with van der Waals surface area (Å²) in [7, 11) is 3.95. The molecule has 1 saturated heterocycles. The van der Waals surface area contributed by atoms with Gasteiger partial charge < -0.3 is 14.9 Å². The van der Waals surface area contributed by atoms with E-state index in [0.29, 0.717) is 23.1 Å². The zero-order valence-corrected chi connectivity index (χ0v) is 15.2. The Morgan fingerprint density at radius 2 is 2.23 bits per heavy atom. The van der Waals surface area contributed by atoms with Gasteiger partial charge in [-0.05, 0) is 12.1 Å². The first-order chi connectivity index (χ1) is 10.5. The number of nitrogens with zero attached hydrogens (tertiary/aromatic N) is 2. The second-order valence-corrected chi connectivity index (χ2v) is 7.89. The Morgan fingerprint density at radius 1 is 1.45 bits per heavy atom. The van der Waals surface area contributed by atoms with Crippen LogP contribution in [0.1, 0.15) is 10.9 Å². The molecule has 22 heavy (non-hydrogen) atoms. The Hall–Kier alpha value is -0.560. The van der Waals surface area contributed by atoms with Crippen molar-refractivity contribution in [3.05, 3.63) is 28.8 Å². The number of hydrogen-bond acceptors (Lipinski definition) is 5. The van der Waals surface area contributed by atoms with Crippen LogP contribution in [-0.4, -0.2) is 60.4 Å². The molecule has 4 nitrogen and oxygen atoms in total. The van der Waals surface area contributed by atoms with E-state index in [4.69, 9.17) is 16.7 Å². The van der Waals surface area contributed by atoms with E-state index in [1.807, 2.05) is 42.1 Å². The molecule has 1 N–H and O–H groups in total. The third-order valence-electron chi connectivity index (χ3n) is 3.45. The standard InChI is InChI=1S/C15H21ClN2O2S2/c1-17(2)11-3-4-12(13(16)9-11)15-18(14(20)10-22-15)5-7-21-8-6-19/h3-4,9,15,19H,5-8,10H2,1-2H3. The number of halogens is 1. The molecule has 0 saturated carbocycles. The van der Waals surface area contributed by atoms with E-state index < -0.39 is 0 Å². The maximum atomic E-state index is 12.1. The van der Waals surface area contributed by atoms with Crippen LogP contribution < -0.4 is 4.90 Å². The summed E-state index contributed by atoms with van der Waals surface area (Å²) in [5, 5.41) is 9.51. The molecule has 2 rings (SSSR count). The average molecular weight is 361 g/mol. The van der Waals surface area contributed by atoms with Gasteiger partial charge in [0.05, 0.1) is 12.4 Å². The van der Waals surface area contributed by atoms with Crippen LogP contribution in [0.25, 0.3) is 0 Å². The Kier molecular flexibility index (Phi) is 6.74. The molecular weight excluding hydrogens is 340 g/mol. The van der Waals surface area contributed by atoms with Gasteiger partial charge in [0.1, 0.15) is 5.37 Å². The molecule has 1 aliphatic rings. The Balaban J connectivity index is 2.10. The Labute approximate surface area is 145 Å². The predicted octanol–water partition coefficient (Wildman–Crippen LogP) is 2.71. The molecule has 1 atom stereocenters. The maximum Gasteiger partial charge on any atom is 0.233 e. The highest BCUT2D eigenvalue weighted by molar-refractivity contribution is 8.00. The van der Waals surface area contributed by atoms with Crippen molar-refractivity contribution in [2.45, 2.75) is 5.37 Å². The molecule has 1 heterocycles. The average Bonchev–Trinajstić information content (AvgIpc) is 2.84. The lowest BCUT2D eigenvalue weighted by Gasteiger charge is -2.25. The van der Waals surface area contributed by atoms with Crippen LogP contribution in [0, 0.1) is 0 Å². The van der Waals surface area contributed by atoms with Crippen molar-refractivity contribution in [2.75, 3.05) is 49.4 Å². The summed E-state index contributed by atoms with van der Waals surface area (Å²) in [5.41, 5.74) is 2.04. The number of amides is 1. The first-order valence-electron chi connectivity index (χ1n) is 7.11. The molecule has 0 radical (unpaired) electrons. The van der Waals surface area contributed by atoms with Crippen LogP contribution in [0.5, 0.6) is 0 Å². The van der Waals surface area contributed by atoms with Crippen LogP contribution in [0.15, 0.2) is 18.2 Å². The molecular formula is C15H21ClN2O2S2. The molecule has 1 unspecified atom stereocenters. The quantitative estimate of drug-likeness (QED) is 0.757. The number of thioether (sulfide) groups is 2. The highest BCUT2D eigenvalue weighted by Gasteiger charge is 2.33. The van der Waals surface area contributed by atoms with Crippen LogP contribution in [0.4, 0.5) is 5.69 Å². The summed E-state index contributed by atoms with van der Waals surface area (Å²) in [6.45, 7) is 0.863. The molecule has 122 valence electrons. The van der Waals surface area contributed by atoms with Gasteiger partial charge in [-0.3, -0.25) is 4.79 Å². The second kappa shape index (κ2) is 8.34. The number of aliphatic hydroxyl groups excluding tert-OH is 1. The van der Waals surface area contributed by atoms with Gasteiger partial charge in [0.2, 0.25) is 5.91 Å². The van der Waals surface area contributed by atoms with Gasteiger partial charge in [0.25, 0.3) is 0 Å². The normalized spacial score (nSPS) is 18.1. The minimum absolute atomic E-state index is 0.00839. The van der Waals surface area contributed by atoms with Crippen molar-refractivity contribution in [1.82, 2.24) is 4.90 Å². The first kappa shape index (κ1) is 17.8. The molecule has 1 aromatic rings. The van der Waals surface area contributed by atoms with Gasteiger partial charge in [-0.25, -0.2) is 0 Å². The molecule has 1 aromatic carbocycles. The third-order valence-corrected chi connectivity index (χ3v) is 5.95. The van der Waals surface area contributed by atoms with Crippen LogP contribution >= 0.6 is 35.1 Å². The number of benzene rings is 1. The third kappa shape index (κ3) is 4.25. The molecule has 1 amide bonds. The number of carbonyl (C=O) groups is 1. The lowest BCUT2D eigenvalue weighted by atomic mass is 10.1. The Morgan fingerprint density at radius 3 is 2.86 bits per heavy atom. The van der Waals surface area contributed by atoms with E-state index >= 15 is 0 Å².